The lowest BCUT2D eigenvalue weighted by molar-refractivity contribution is -0.113. The molecule has 0 aliphatic carbocycles. The van der Waals surface area contributed by atoms with Gasteiger partial charge in [0.05, 0.1) is 17.1 Å². The van der Waals surface area contributed by atoms with Crippen LogP contribution in [0.4, 0.5) is 5.69 Å². The number of benzene rings is 2. The molecule has 2 heterocycles. The first kappa shape index (κ1) is 21.8. The van der Waals surface area contributed by atoms with E-state index in [1.54, 1.807) is 10.9 Å². The monoisotopic (exact) mass is 443 g/mol. The van der Waals surface area contributed by atoms with Crippen molar-refractivity contribution in [2.24, 2.45) is 0 Å². The van der Waals surface area contributed by atoms with Crippen LogP contribution in [0.1, 0.15) is 25.3 Å². The van der Waals surface area contributed by atoms with Crippen LogP contribution in [-0.4, -0.2) is 31.6 Å². The highest BCUT2D eigenvalue weighted by atomic mass is 32.2. The van der Waals surface area contributed by atoms with Crippen LogP contribution in [0.15, 0.2) is 84.1 Å². The van der Waals surface area contributed by atoms with Gasteiger partial charge in [-0.1, -0.05) is 49.4 Å². The van der Waals surface area contributed by atoms with Crippen molar-refractivity contribution in [2.75, 3.05) is 11.1 Å². The van der Waals surface area contributed by atoms with E-state index in [-0.39, 0.29) is 11.7 Å². The number of nitrogens with one attached hydrogen (secondary N) is 1. The van der Waals surface area contributed by atoms with Crippen LogP contribution < -0.4 is 5.32 Å². The summed E-state index contributed by atoms with van der Waals surface area (Å²) >= 11 is 1.37. The summed E-state index contributed by atoms with van der Waals surface area (Å²) in [6, 6.07) is 21.7. The van der Waals surface area contributed by atoms with Crippen molar-refractivity contribution >= 4 is 23.4 Å². The Bertz CT molecular complexity index is 1120. The molecule has 0 saturated heterocycles. The van der Waals surface area contributed by atoms with E-state index in [1.807, 2.05) is 60.8 Å². The van der Waals surface area contributed by atoms with Gasteiger partial charge in [-0.25, -0.2) is 4.68 Å². The van der Waals surface area contributed by atoms with Gasteiger partial charge in [-0.2, -0.15) is 5.10 Å². The average Bonchev–Trinajstić information content (AvgIpc) is 3.38. The van der Waals surface area contributed by atoms with Gasteiger partial charge in [0.2, 0.25) is 5.91 Å². The average molecular weight is 444 g/mol. The van der Waals surface area contributed by atoms with Gasteiger partial charge in [0, 0.05) is 23.6 Å². The Kier molecular flexibility index (Phi) is 7.30. The predicted octanol–water partition coefficient (Wildman–Crippen LogP) is 5.40. The van der Waals surface area contributed by atoms with Crippen molar-refractivity contribution in [3.63, 3.8) is 0 Å². The van der Waals surface area contributed by atoms with Gasteiger partial charge in [0.25, 0.3) is 0 Å². The molecular formula is C25H25N5OS. The summed E-state index contributed by atoms with van der Waals surface area (Å²) in [6.07, 6.45) is 7.08. The Labute approximate surface area is 192 Å². The molecule has 0 spiro atoms. The molecule has 1 N–H and O–H groups in total. The fraction of sp³-hybridized carbons (Fsp3) is 0.200. The Balaban J connectivity index is 1.28. The first-order valence-electron chi connectivity index (χ1n) is 10.7. The maximum absolute atomic E-state index is 12.3. The minimum Gasteiger partial charge on any atom is -0.325 e. The van der Waals surface area contributed by atoms with E-state index in [4.69, 9.17) is 0 Å². The highest BCUT2D eigenvalue weighted by Crippen LogP contribution is 2.21. The fourth-order valence-electron chi connectivity index (χ4n) is 3.23. The molecule has 32 heavy (non-hydrogen) atoms. The summed E-state index contributed by atoms with van der Waals surface area (Å²) in [7, 11) is 0. The molecule has 7 heteroatoms. The van der Waals surface area contributed by atoms with Crippen molar-refractivity contribution < 1.29 is 4.79 Å². The maximum atomic E-state index is 12.3. The minimum absolute atomic E-state index is 0.0589. The van der Waals surface area contributed by atoms with Gasteiger partial charge < -0.3 is 5.32 Å². The van der Waals surface area contributed by atoms with Crippen molar-refractivity contribution in [3.8, 4) is 16.9 Å². The molecule has 162 valence electrons. The summed E-state index contributed by atoms with van der Waals surface area (Å²) in [6.45, 7) is 2.19. The number of rotatable bonds is 9. The SMILES string of the molecule is CCCCc1ccc(NC(=O)CSc2ccc(-c3ccc(-n4cccn4)cc3)nn2)cc1. The Morgan fingerprint density at radius 1 is 1.00 bits per heavy atom. The van der Waals surface area contributed by atoms with Crippen LogP contribution in [0.3, 0.4) is 0 Å². The van der Waals surface area contributed by atoms with Gasteiger partial charge in [-0.05, 0) is 60.9 Å². The smallest absolute Gasteiger partial charge is 0.234 e. The maximum Gasteiger partial charge on any atom is 0.234 e. The summed E-state index contributed by atoms with van der Waals surface area (Å²) in [5.41, 5.74) is 4.86. The number of carbonyl (C=O) groups is 1. The molecule has 0 aliphatic heterocycles. The number of nitrogens with zero attached hydrogens (tertiary/aromatic N) is 4. The number of unbranched alkanes of at least 4 members (excludes halogenated alkanes) is 1. The summed E-state index contributed by atoms with van der Waals surface area (Å²) in [5.74, 6) is 0.223. The van der Waals surface area contributed by atoms with E-state index in [0.29, 0.717) is 5.03 Å². The second-order valence-corrected chi connectivity index (χ2v) is 8.39. The van der Waals surface area contributed by atoms with Gasteiger partial charge in [-0.3, -0.25) is 4.79 Å². The van der Waals surface area contributed by atoms with Crippen molar-refractivity contribution in [1.82, 2.24) is 20.0 Å². The van der Waals surface area contributed by atoms with E-state index < -0.39 is 0 Å². The number of aromatic nitrogens is 4. The van der Waals surface area contributed by atoms with Crippen LogP contribution in [-0.2, 0) is 11.2 Å². The summed E-state index contributed by atoms with van der Waals surface area (Å²) in [4.78, 5) is 12.3. The van der Waals surface area contributed by atoms with Gasteiger partial charge >= 0.3 is 0 Å². The zero-order chi connectivity index (χ0) is 22.2. The molecule has 0 fully saturated rings. The normalized spacial score (nSPS) is 10.8. The van der Waals surface area contributed by atoms with E-state index in [9.17, 15) is 4.79 Å². The van der Waals surface area contributed by atoms with Crippen LogP contribution in [0.5, 0.6) is 0 Å². The number of anilines is 1. The Morgan fingerprint density at radius 2 is 1.81 bits per heavy atom. The van der Waals surface area contributed by atoms with E-state index in [2.05, 4.69) is 39.7 Å². The van der Waals surface area contributed by atoms with Crippen LogP contribution in [0.2, 0.25) is 0 Å². The molecule has 0 radical (unpaired) electrons. The first-order valence-corrected chi connectivity index (χ1v) is 11.7. The molecule has 0 unspecified atom stereocenters. The van der Waals surface area contributed by atoms with Crippen LogP contribution in [0, 0.1) is 0 Å². The van der Waals surface area contributed by atoms with E-state index in [1.165, 1.54) is 30.2 Å². The van der Waals surface area contributed by atoms with Crippen LogP contribution in [0.25, 0.3) is 16.9 Å². The zero-order valence-electron chi connectivity index (χ0n) is 17.9. The zero-order valence-corrected chi connectivity index (χ0v) is 18.8. The van der Waals surface area contributed by atoms with Gasteiger partial charge in [-0.15, -0.1) is 10.2 Å². The Morgan fingerprint density at radius 3 is 2.47 bits per heavy atom. The second kappa shape index (κ2) is 10.7. The molecule has 1 amide bonds. The van der Waals surface area contributed by atoms with Crippen molar-refractivity contribution in [2.45, 2.75) is 31.2 Å². The third-order valence-corrected chi connectivity index (χ3v) is 5.90. The van der Waals surface area contributed by atoms with E-state index in [0.717, 1.165) is 29.1 Å². The highest BCUT2D eigenvalue weighted by molar-refractivity contribution is 7.99. The fourth-order valence-corrected chi connectivity index (χ4v) is 3.84. The molecule has 0 bridgehead atoms. The molecule has 2 aromatic heterocycles. The lowest BCUT2D eigenvalue weighted by Crippen LogP contribution is -2.14. The molecule has 0 saturated carbocycles. The highest BCUT2D eigenvalue weighted by Gasteiger charge is 2.07. The number of hydrogen-bond donors (Lipinski definition) is 1. The van der Waals surface area contributed by atoms with Gasteiger partial charge in [0.1, 0.15) is 5.03 Å². The molecule has 0 aliphatic rings. The molecule has 4 aromatic rings. The number of amides is 1. The third-order valence-electron chi connectivity index (χ3n) is 4.98. The molecular weight excluding hydrogens is 418 g/mol. The lowest BCUT2D eigenvalue weighted by Gasteiger charge is -2.07. The second-order valence-electron chi connectivity index (χ2n) is 7.39. The number of thioether (sulfide) groups is 1. The van der Waals surface area contributed by atoms with Gasteiger partial charge in [0.15, 0.2) is 0 Å². The molecule has 2 aromatic carbocycles. The standard InChI is InChI=1S/C25H25N5OS/c1-2-3-5-19-6-10-21(11-7-19)27-24(31)18-32-25-15-14-23(28-29-25)20-8-12-22(13-9-20)30-17-4-16-26-30/h4,6-17H,2-3,5,18H2,1H3,(H,27,31). The predicted molar refractivity (Wildman–Crippen MR) is 129 cm³/mol. The molecule has 4 rings (SSSR count). The van der Waals surface area contributed by atoms with Crippen molar-refractivity contribution in [3.05, 3.63) is 84.7 Å². The van der Waals surface area contributed by atoms with E-state index >= 15 is 0 Å². The van der Waals surface area contributed by atoms with Crippen molar-refractivity contribution in [1.29, 1.82) is 0 Å². The molecule has 0 atom stereocenters. The lowest BCUT2D eigenvalue weighted by atomic mass is 10.1. The number of carbonyl (C=O) groups excluding carboxylic acids is 1. The quantitative estimate of drug-likeness (QED) is 0.351. The minimum atomic E-state index is -0.0589. The Hall–Kier alpha value is -3.45. The summed E-state index contributed by atoms with van der Waals surface area (Å²) in [5, 5.41) is 16.5. The van der Waals surface area contributed by atoms with Crippen LogP contribution >= 0.6 is 11.8 Å². The first-order chi connectivity index (χ1) is 15.7. The number of aryl methyl sites for hydroxylation is 1. The molecule has 6 nitrogen and oxygen atoms in total. The number of hydrogen-bond acceptors (Lipinski definition) is 5. The third kappa shape index (κ3) is 5.82. The topological polar surface area (TPSA) is 72.7 Å². The largest absolute Gasteiger partial charge is 0.325 e. The summed E-state index contributed by atoms with van der Waals surface area (Å²) < 4.78 is 1.81.